The Morgan fingerprint density at radius 3 is 0.895 bits per heavy atom. The summed E-state index contributed by atoms with van der Waals surface area (Å²) in [5.74, 6) is 0. The summed E-state index contributed by atoms with van der Waals surface area (Å²) in [6, 6.07) is 0. The van der Waals surface area contributed by atoms with Crippen LogP contribution in [0.4, 0.5) is 0 Å². The smallest absolute Gasteiger partial charge is 0.805 e. The second-order valence-corrected chi connectivity index (χ2v) is 13.4. The van der Waals surface area contributed by atoms with Crippen LogP contribution in [0.3, 0.4) is 0 Å². The van der Waals surface area contributed by atoms with Crippen LogP contribution in [0.25, 0.3) is 0 Å². The zero-order chi connectivity index (χ0) is 27.1. The number of rotatable bonds is 27. The molecule has 0 aromatic rings. The molecule has 0 heterocycles. The molecule has 0 aliphatic carbocycles. The molecule has 38 heavy (non-hydrogen) atoms. The Morgan fingerprint density at radius 2 is 0.684 bits per heavy atom. The third-order valence-electron chi connectivity index (χ3n) is 6.62. The maximum absolute atomic E-state index is 11.9. The van der Waals surface area contributed by atoms with Gasteiger partial charge in [-0.2, -0.15) is 0 Å². The second-order valence-electron chi connectivity index (χ2n) is 9.72. The van der Waals surface area contributed by atoms with E-state index in [9.17, 15) is 28.5 Å². The van der Waals surface area contributed by atoms with Gasteiger partial charge in [0.25, 0.3) is 0 Å². The van der Waals surface area contributed by atoms with E-state index in [4.69, 9.17) is 9.05 Å². The van der Waals surface area contributed by atoms with Crippen LogP contribution >= 0.6 is 15.2 Å². The first-order valence-corrected chi connectivity index (χ1v) is 17.1. The minimum atomic E-state index is -5.02. The zero-order valence-corrected chi connectivity index (χ0v) is 30.5. The molecule has 0 aliphatic rings. The van der Waals surface area contributed by atoms with Gasteiger partial charge in [0, 0.05) is 34.7 Å². The van der Waals surface area contributed by atoms with Crippen molar-refractivity contribution in [1.29, 1.82) is 0 Å². The van der Waals surface area contributed by atoms with Crippen LogP contribution in [0.2, 0.25) is 0 Å². The Balaban J connectivity index is -0.00000612. The molecule has 12 heteroatoms. The fourth-order valence-corrected chi connectivity index (χ4v) is 5.71. The molecule has 0 aromatic carbocycles. The maximum atomic E-state index is 11.9. The largest absolute Gasteiger partial charge is 1.00 e. The topological polar surface area (TPSA) is 133 Å². The molecule has 0 N–H and O–H groups in total. The van der Waals surface area contributed by atoms with Gasteiger partial charge >= 0.3 is 66.7 Å². The fourth-order valence-electron chi connectivity index (χ4n) is 4.29. The molecule has 0 spiro atoms. The van der Waals surface area contributed by atoms with Crippen molar-refractivity contribution in [3.05, 3.63) is 0 Å². The van der Waals surface area contributed by atoms with Crippen LogP contribution in [-0.4, -0.2) is 25.3 Å². The Bertz CT molecular complexity index is 666. The summed E-state index contributed by atoms with van der Waals surface area (Å²) in [4.78, 5) is 43.9. The molecule has 0 unspecified atom stereocenters. The average Bonchev–Trinajstić information content (AvgIpc) is 2.85. The van der Waals surface area contributed by atoms with E-state index in [0.717, 1.165) is 38.5 Å². The van der Waals surface area contributed by atoms with Crippen LogP contribution in [0.1, 0.15) is 141 Å². The Morgan fingerprint density at radius 1 is 0.474 bits per heavy atom. The standard InChI is InChI=1S/C26H52O8P2.2Na/c1-33-36(32,34-2)26(28)24-22-20-18-16-14-12-10-8-6-4-3-5-7-9-11-13-15-17-19-21-23-25(27)35(29,30)31;;/h3-24H2,1-2H3,(H2,29,30,31);;/q;2*+1/p-2. The molecule has 8 nitrogen and oxygen atoms in total. The molecule has 0 amide bonds. The van der Waals surface area contributed by atoms with Gasteiger partial charge in [0.15, 0.2) is 5.52 Å². The van der Waals surface area contributed by atoms with Gasteiger partial charge in [-0.25, -0.2) is 0 Å². The van der Waals surface area contributed by atoms with Crippen LogP contribution in [0, 0.1) is 0 Å². The first-order chi connectivity index (χ1) is 17.2. The van der Waals surface area contributed by atoms with E-state index in [1.54, 1.807) is 0 Å². The van der Waals surface area contributed by atoms with Gasteiger partial charge in [0.05, 0.1) is 0 Å². The fraction of sp³-hybridized carbons (Fsp3) is 0.923. The normalized spacial score (nSPS) is 11.6. The summed E-state index contributed by atoms with van der Waals surface area (Å²) in [7, 11) is -6.08. The van der Waals surface area contributed by atoms with Gasteiger partial charge in [-0.15, -0.1) is 0 Å². The minimum Gasteiger partial charge on any atom is -0.805 e. The first-order valence-electron chi connectivity index (χ1n) is 14.0. The molecule has 0 saturated carbocycles. The zero-order valence-electron chi connectivity index (χ0n) is 24.7. The van der Waals surface area contributed by atoms with Gasteiger partial charge in [-0.1, -0.05) is 116 Å². The third kappa shape index (κ3) is 25.4. The Labute approximate surface area is 276 Å². The Hall–Kier alpha value is 1.64. The molecule has 0 saturated heterocycles. The molecule has 0 fully saturated rings. The molecule has 214 valence electrons. The van der Waals surface area contributed by atoms with Crippen molar-refractivity contribution in [3.63, 3.8) is 0 Å². The number of hydrogen-bond donors (Lipinski definition) is 0. The van der Waals surface area contributed by atoms with Crippen LogP contribution in [0.5, 0.6) is 0 Å². The third-order valence-corrected chi connectivity index (χ3v) is 9.25. The minimum absolute atomic E-state index is 0. The SMILES string of the molecule is COP(=O)(OC)C(=O)CCCCCCCCCCCCCCCCCCCCCCC(=O)P(=O)([O-])[O-].[Na+].[Na+]. The second kappa shape index (κ2) is 28.7. The van der Waals surface area contributed by atoms with Crippen molar-refractivity contribution in [2.24, 2.45) is 0 Å². The van der Waals surface area contributed by atoms with Gasteiger partial charge in [0.2, 0.25) is 5.52 Å². The summed E-state index contributed by atoms with van der Waals surface area (Å²) < 4.78 is 31.9. The van der Waals surface area contributed by atoms with E-state index < -0.39 is 26.2 Å². The quantitative estimate of drug-likeness (QED) is 0.0778. The molecule has 0 radical (unpaired) electrons. The number of carbonyl (C=O) groups is 2. The monoisotopic (exact) mass is 598 g/mol. The average molecular weight is 599 g/mol. The van der Waals surface area contributed by atoms with Crippen molar-refractivity contribution in [1.82, 2.24) is 0 Å². The van der Waals surface area contributed by atoms with Gasteiger partial charge in [0.1, 0.15) is 0 Å². The predicted octanol–water partition coefficient (Wildman–Crippen LogP) is 1.03. The molecule has 0 aromatic heterocycles. The molecular formula is C26H50Na2O8P2. The van der Waals surface area contributed by atoms with Crippen molar-refractivity contribution in [3.8, 4) is 0 Å². The molecule has 0 atom stereocenters. The van der Waals surface area contributed by atoms with Crippen LogP contribution < -0.4 is 68.9 Å². The van der Waals surface area contributed by atoms with Crippen LogP contribution in [-0.2, 0) is 27.8 Å². The van der Waals surface area contributed by atoms with E-state index in [2.05, 4.69) is 0 Å². The van der Waals surface area contributed by atoms with Gasteiger partial charge < -0.3 is 23.4 Å². The number of carbonyl (C=O) groups excluding carboxylic acids is 2. The molecule has 0 rings (SSSR count). The van der Waals surface area contributed by atoms with Crippen molar-refractivity contribution in [2.75, 3.05) is 14.2 Å². The van der Waals surface area contributed by atoms with Crippen molar-refractivity contribution in [2.45, 2.75) is 141 Å². The molecule has 0 bridgehead atoms. The van der Waals surface area contributed by atoms with E-state index in [1.165, 1.54) is 97.7 Å². The van der Waals surface area contributed by atoms with E-state index >= 15 is 0 Å². The molecule has 0 aliphatic heterocycles. The van der Waals surface area contributed by atoms with E-state index in [0.29, 0.717) is 6.42 Å². The summed E-state index contributed by atoms with van der Waals surface area (Å²) in [6.45, 7) is 0. The van der Waals surface area contributed by atoms with Crippen molar-refractivity contribution < 1.29 is 96.7 Å². The van der Waals surface area contributed by atoms with Crippen molar-refractivity contribution >= 4 is 26.2 Å². The van der Waals surface area contributed by atoms with Gasteiger partial charge in [-0.3, -0.25) is 14.2 Å². The predicted molar refractivity (Wildman–Crippen MR) is 141 cm³/mol. The summed E-state index contributed by atoms with van der Waals surface area (Å²) in [5.41, 5.74) is -1.57. The van der Waals surface area contributed by atoms with Crippen LogP contribution in [0.15, 0.2) is 0 Å². The summed E-state index contributed by atoms with van der Waals surface area (Å²) >= 11 is 0. The maximum Gasteiger partial charge on any atom is 1.00 e. The summed E-state index contributed by atoms with van der Waals surface area (Å²) in [5, 5.41) is 0. The van der Waals surface area contributed by atoms with Gasteiger partial charge in [-0.05, 0) is 12.8 Å². The summed E-state index contributed by atoms with van der Waals surface area (Å²) in [6.07, 6.45) is 22.9. The molecular weight excluding hydrogens is 548 g/mol. The van der Waals surface area contributed by atoms with E-state index in [1.807, 2.05) is 0 Å². The Kier molecular flexibility index (Phi) is 33.3. The number of unbranched alkanes of at least 4 members (excludes halogenated alkanes) is 19. The first kappa shape index (κ1) is 44.1. The van der Waals surface area contributed by atoms with E-state index in [-0.39, 0.29) is 72.0 Å². The number of hydrogen-bond acceptors (Lipinski definition) is 8.